The summed E-state index contributed by atoms with van der Waals surface area (Å²) in [6.07, 6.45) is 0. The molecule has 1 aromatic carbocycles. The third-order valence-corrected chi connectivity index (χ3v) is 2.57. The molecule has 0 radical (unpaired) electrons. The topological polar surface area (TPSA) is 93.5 Å². The SMILES string of the molecule is Cc1ccc(OCC(=O)NNC(=O)c2cc(C)on2)cc1. The lowest BCUT2D eigenvalue weighted by molar-refractivity contribution is -0.123. The number of hydrogen-bond acceptors (Lipinski definition) is 5. The number of carbonyl (C=O) groups is 2. The highest BCUT2D eigenvalue weighted by Gasteiger charge is 2.11. The number of aryl methyl sites for hydroxylation is 2. The van der Waals surface area contributed by atoms with Gasteiger partial charge in [-0.15, -0.1) is 0 Å². The smallest absolute Gasteiger partial charge is 0.291 e. The average Bonchev–Trinajstić information content (AvgIpc) is 2.91. The second-order valence-corrected chi connectivity index (χ2v) is 4.43. The van der Waals surface area contributed by atoms with Gasteiger partial charge in [-0.05, 0) is 26.0 Å². The van der Waals surface area contributed by atoms with E-state index in [0.29, 0.717) is 11.5 Å². The van der Waals surface area contributed by atoms with E-state index in [-0.39, 0.29) is 12.3 Å². The maximum atomic E-state index is 11.6. The maximum absolute atomic E-state index is 11.6. The summed E-state index contributed by atoms with van der Waals surface area (Å²) in [6, 6.07) is 8.74. The van der Waals surface area contributed by atoms with E-state index in [1.165, 1.54) is 6.07 Å². The Bertz CT molecular complexity index is 634. The van der Waals surface area contributed by atoms with E-state index >= 15 is 0 Å². The molecule has 0 aliphatic rings. The molecule has 110 valence electrons. The highest BCUT2D eigenvalue weighted by molar-refractivity contribution is 5.93. The van der Waals surface area contributed by atoms with Crippen LogP contribution in [0.4, 0.5) is 0 Å². The number of ether oxygens (including phenoxy) is 1. The Labute approximate surface area is 121 Å². The van der Waals surface area contributed by atoms with Gasteiger partial charge in [-0.1, -0.05) is 22.9 Å². The van der Waals surface area contributed by atoms with Gasteiger partial charge in [0, 0.05) is 6.07 Å². The number of amides is 2. The van der Waals surface area contributed by atoms with Crippen LogP contribution in [0.25, 0.3) is 0 Å². The Hall–Kier alpha value is -2.83. The minimum absolute atomic E-state index is 0.0900. The number of benzene rings is 1. The standard InChI is InChI=1S/C14H15N3O4/c1-9-3-5-11(6-4-9)20-8-13(18)15-16-14(19)12-7-10(2)21-17-12/h3-7H,8H2,1-2H3,(H,15,18)(H,16,19). The lowest BCUT2D eigenvalue weighted by Crippen LogP contribution is -2.43. The molecule has 7 nitrogen and oxygen atoms in total. The van der Waals surface area contributed by atoms with Gasteiger partial charge in [-0.25, -0.2) is 0 Å². The summed E-state index contributed by atoms with van der Waals surface area (Å²) in [5, 5.41) is 3.53. The first-order chi connectivity index (χ1) is 10.0. The van der Waals surface area contributed by atoms with E-state index in [0.717, 1.165) is 5.56 Å². The fourth-order valence-electron chi connectivity index (χ4n) is 1.48. The van der Waals surface area contributed by atoms with Crippen LogP contribution in [0.15, 0.2) is 34.9 Å². The number of hydrazine groups is 1. The van der Waals surface area contributed by atoms with Gasteiger partial charge in [0.25, 0.3) is 11.8 Å². The van der Waals surface area contributed by atoms with E-state index in [1.807, 2.05) is 19.1 Å². The van der Waals surface area contributed by atoms with Gasteiger partial charge in [0.05, 0.1) is 0 Å². The molecule has 2 aromatic rings. The molecule has 0 spiro atoms. The van der Waals surface area contributed by atoms with Gasteiger partial charge >= 0.3 is 0 Å². The Morgan fingerprint density at radius 3 is 2.52 bits per heavy atom. The fourth-order valence-corrected chi connectivity index (χ4v) is 1.48. The molecule has 0 unspecified atom stereocenters. The van der Waals surface area contributed by atoms with Gasteiger partial charge in [0.1, 0.15) is 11.5 Å². The zero-order valence-corrected chi connectivity index (χ0v) is 11.7. The normalized spacial score (nSPS) is 10.0. The molecule has 2 rings (SSSR count). The molecule has 21 heavy (non-hydrogen) atoms. The summed E-state index contributed by atoms with van der Waals surface area (Å²) in [5.74, 6) is 0.0445. The Kier molecular flexibility index (Phi) is 4.55. The molecule has 0 aliphatic heterocycles. The second-order valence-electron chi connectivity index (χ2n) is 4.43. The van der Waals surface area contributed by atoms with Gasteiger partial charge in [0.15, 0.2) is 12.3 Å². The summed E-state index contributed by atoms with van der Waals surface area (Å²) in [5.41, 5.74) is 5.63. The van der Waals surface area contributed by atoms with E-state index in [9.17, 15) is 9.59 Å². The van der Waals surface area contributed by atoms with Crippen molar-refractivity contribution >= 4 is 11.8 Å². The van der Waals surface area contributed by atoms with Crippen LogP contribution >= 0.6 is 0 Å². The molecule has 0 aliphatic carbocycles. The molecule has 0 atom stereocenters. The van der Waals surface area contributed by atoms with Gasteiger partial charge in [0.2, 0.25) is 0 Å². The lowest BCUT2D eigenvalue weighted by atomic mass is 10.2. The van der Waals surface area contributed by atoms with Crippen molar-refractivity contribution in [1.82, 2.24) is 16.0 Å². The van der Waals surface area contributed by atoms with Gasteiger partial charge in [-0.3, -0.25) is 20.4 Å². The van der Waals surface area contributed by atoms with Crippen LogP contribution < -0.4 is 15.6 Å². The maximum Gasteiger partial charge on any atom is 0.291 e. The summed E-state index contributed by atoms with van der Waals surface area (Å²) in [6.45, 7) is 3.41. The van der Waals surface area contributed by atoms with Crippen molar-refractivity contribution in [3.05, 3.63) is 47.3 Å². The van der Waals surface area contributed by atoms with Crippen molar-refractivity contribution in [2.24, 2.45) is 0 Å². The molecule has 7 heteroatoms. The van der Waals surface area contributed by atoms with Crippen molar-refractivity contribution in [3.8, 4) is 5.75 Å². The molecule has 2 N–H and O–H groups in total. The first-order valence-corrected chi connectivity index (χ1v) is 6.26. The van der Waals surface area contributed by atoms with Gasteiger partial charge in [-0.2, -0.15) is 0 Å². The number of carbonyl (C=O) groups excluding carboxylic acids is 2. The predicted molar refractivity (Wildman–Crippen MR) is 73.5 cm³/mol. The zero-order valence-electron chi connectivity index (χ0n) is 11.7. The van der Waals surface area contributed by atoms with Crippen LogP contribution in [0.2, 0.25) is 0 Å². The first kappa shape index (κ1) is 14.6. The van der Waals surface area contributed by atoms with Crippen molar-refractivity contribution in [3.63, 3.8) is 0 Å². The van der Waals surface area contributed by atoms with Crippen LogP contribution in [-0.2, 0) is 4.79 Å². The molecule has 0 saturated carbocycles. The van der Waals surface area contributed by atoms with Crippen LogP contribution in [0.1, 0.15) is 21.8 Å². The van der Waals surface area contributed by atoms with E-state index < -0.39 is 11.8 Å². The summed E-state index contributed by atoms with van der Waals surface area (Å²) in [4.78, 5) is 23.1. The molecule has 0 bridgehead atoms. The highest BCUT2D eigenvalue weighted by Crippen LogP contribution is 2.10. The van der Waals surface area contributed by atoms with E-state index in [2.05, 4.69) is 16.0 Å². The van der Waals surface area contributed by atoms with Crippen LogP contribution in [-0.4, -0.2) is 23.6 Å². The molecule has 0 saturated heterocycles. The third kappa shape index (κ3) is 4.34. The Morgan fingerprint density at radius 2 is 1.90 bits per heavy atom. The largest absolute Gasteiger partial charge is 0.484 e. The quantitative estimate of drug-likeness (QED) is 0.823. The number of rotatable bonds is 4. The minimum atomic E-state index is -0.560. The molecule has 2 amide bonds. The first-order valence-electron chi connectivity index (χ1n) is 6.26. The lowest BCUT2D eigenvalue weighted by Gasteiger charge is -2.07. The molecule has 0 fully saturated rings. The molecule has 1 aromatic heterocycles. The van der Waals surface area contributed by atoms with E-state index in [1.54, 1.807) is 19.1 Å². The molecular weight excluding hydrogens is 274 g/mol. The van der Waals surface area contributed by atoms with Gasteiger partial charge < -0.3 is 9.26 Å². The van der Waals surface area contributed by atoms with Crippen molar-refractivity contribution < 1.29 is 18.8 Å². The number of nitrogens with one attached hydrogen (secondary N) is 2. The Morgan fingerprint density at radius 1 is 1.19 bits per heavy atom. The monoisotopic (exact) mass is 289 g/mol. The number of aromatic nitrogens is 1. The fraction of sp³-hybridized carbons (Fsp3) is 0.214. The predicted octanol–water partition coefficient (Wildman–Crippen LogP) is 1.13. The summed E-state index contributed by atoms with van der Waals surface area (Å²) < 4.78 is 10.0. The summed E-state index contributed by atoms with van der Waals surface area (Å²) in [7, 11) is 0. The van der Waals surface area contributed by atoms with Crippen LogP contribution in [0.5, 0.6) is 5.75 Å². The van der Waals surface area contributed by atoms with Crippen LogP contribution in [0, 0.1) is 13.8 Å². The average molecular weight is 289 g/mol. The molecular formula is C14H15N3O4. The molecule has 1 heterocycles. The minimum Gasteiger partial charge on any atom is -0.484 e. The summed E-state index contributed by atoms with van der Waals surface area (Å²) >= 11 is 0. The highest BCUT2D eigenvalue weighted by atomic mass is 16.5. The number of nitrogens with zero attached hydrogens (tertiary/aromatic N) is 1. The van der Waals surface area contributed by atoms with Crippen molar-refractivity contribution in [2.45, 2.75) is 13.8 Å². The Balaban J connectivity index is 1.74. The third-order valence-electron chi connectivity index (χ3n) is 2.57. The second kappa shape index (κ2) is 6.56. The van der Waals surface area contributed by atoms with Crippen molar-refractivity contribution in [2.75, 3.05) is 6.61 Å². The number of hydrogen-bond donors (Lipinski definition) is 2. The van der Waals surface area contributed by atoms with Crippen molar-refractivity contribution in [1.29, 1.82) is 0 Å². The van der Waals surface area contributed by atoms with Crippen LogP contribution in [0.3, 0.4) is 0 Å². The van der Waals surface area contributed by atoms with E-state index in [4.69, 9.17) is 9.26 Å². The zero-order chi connectivity index (χ0) is 15.2.